The monoisotopic (exact) mass is 275 g/mol. The van der Waals surface area contributed by atoms with Gasteiger partial charge in [0.15, 0.2) is 17.3 Å². The lowest BCUT2D eigenvalue weighted by atomic mass is 10.1. The Kier molecular flexibility index (Phi) is 3.02. The molecule has 7 nitrogen and oxygen atoms in total. The predicted molar refractivity (Wildman–Crippen MR) is 67.5 cm³/mol. The Morgan fingerprint density at radius 2 is 2.15 bits per heavy atom. The summed E-state index contributed by atoms with van der Waals surface area (Å²) in [4.78, 5) is 16.2. The van der Waals surface area contributed by atoms with E-state index in [4.69, 9.17) is 14.0 Å². The van der Waals surface area contributed by atoms with E-state index >= 15 is 0 Å². The Morgan fingerprint density at radius 1 is 1.35 bits per heavy atom. The molecule has 0 radical (unpaired) electrons. The van der Waals surface area contributed by atoms with Crippen LogP contribution >= 0.6 is 0 Å². The van der Waals surface area contributed by atoms with Gasteiger partial charge >= 0.3 is 0 Å². The molecule has 104 valence electrons. The molecule has 1 aromatic carbocycles. The molecule has 7 heteroatoms. The summed E-state index contributed by atoms with van der Waals surface area (Å²) in [6.07, 6.45) is 0. The van der Waals surface area contributed by atoms with Crippen LogP contribution in [0, 0.1) is 6.92 Å². The van der Waals surface area contributed by atoms with E-state index in [0.717, 1.165) is 0 Å². The van der Waals surface area contributed by atoms with E-state index < -0.39 is 0 Å². The smallest absolute Gasteiger partial charge is 0.252 e. The molecule has 1 N–H and O–H groups in total. The normalized spacial score (nSPS) is 14.1. The maximum Gasteiger partial charge on any atom is 0.252 e. The van der Waals surface area contributed by atoms with E-state index in [1.54, 1.807) is 32.0 Å². The SMILES string of the molecule is Cc1noc(C(C)NC(=O)c2ccc3c(c2)OCO3)n1. The third-order valence-electron chi connectivity index (χ3n) is 2.90. The van der Waals surface area contributed by atoms with Gasteiger partial charge in [0.25, 0.3) is 5.91 Å². The van der Waals surface area contributed by atoms with Gasteiger partial charge in [-0.1, -0.05) is 5.16 Å². The predicted octanol–water partition coefficient (Wildman–Crippen LogP) is 1.60. The number of carbonyl (C=O) groups excluding carboxylic acids is 1. The number of nitrogens with one attached hydrogen (secondary N) is 1. The van der Waals surface area contributed by atoms with Crippen LogP contribution in [0.4, 0.5) is 0 Å². The maximum absolute atomic E-state index is 12.1. The highest BCUT2D eigenvalue weighted by Gasteiger charge is 2.19. The summed E-state index contributed by atoms with van der Waals surface area (Å²) in [6, 6.07) is 4.66. The lowest BCUT2D eigenvalue weighted by molar-refractivity contribution is 0.0932. The van der Waals surface area contributed by atoms with E-state index in [9.17, 15) is 4.79 Å². The molecule has 0 spiro atoms. The molecular weight excluding hydrogens is 262 g/mol. The number of amides is 1. The minimum absolute atomic E-state index is 0.179. The third-order valence-corrected chi connectivity index (χ3v) is 2.90. The third kappa shape index (κ3) is 2.29. The number of aromatic nitrogens is 2. The molecule has 2 heterocycles. The number of hydrogen-bond donors (Lipinski definition) is 1. The van der Waals surface area contributed by atoms with Crippen LogP contribution in [0.1, 0.15) is 35.0 Å². The molecule has 1 atom stereocenters. The number of aryl methyl sites for hydroxylation is 1. The Labute approximate surface area is 114 Å². The summed E-state index contributed by atoms with van der Waals surface area (Å²) in [6.45, 7) is 3.68. The van der Waals surface area contributed by atoms with Crippen molar-refractivity contribution in [2.45, 2.75) is 19.9 Å². The Morgan fingerprint density at radius 3 is 2.90 bits per heavy atom. The van der Waals surface area contributed by atoms with Crippen molar-refractivity contribution in [3.8, 4) is 11.5 Å². The number of rotatable bonds is 3. The molecule has 1 aromatic heterocycles. The molecule has 0 saturated heterocycles. The van der Waals surface area contributed by atoms with Crippen LogP contribution in [0.5, 0.6) is 11.5 Å². The fourth-order valence-corrected chi connectivity index (χ4v) is 1.87. The van der Waals surface area contributed by atoms with Gasteiger partial charge in [-0.15, -0.1) is 0 Å². The van der Waals surface area contributed by atoms with Crippen molar-refractivity contribution in [3.05, 3.63) is 35.5 Å². The largest absolute Gasteiger partial charge is 0.454 e. The first-order valence-corrected chi connectivity index (χ1v) is 6.14. The van der Waals surface area contributed by atoms with Crippen molar-refractivity contribution in [3.63, 3.8) is 0 Å². The molecule has 3 rings (SSSR count). The number of nitrogens with zero attached hydrogens (tertiary/aromatic N) is 2. The van der Waals surface area contributed by atoms with Crippen LogP contribution in [0.3, 0.4) is 0 Å². The number of hydrogen-bond acceptors (Lipinski definition) is 6. The minimum atomic E-state index is -0.367. The molecule has 0 saturated carbocycles. The topological polar surface area (TPSA) is 86.5 Å². The first kappa shape index (κ1) is 12.5. The van der Waals surface area contributed by atoms with E-state index in [0.29, 0.717) is 28.8 Å². The van der Waals surface area contributed by atoms with Crippen molar-refractivity contribution in [2.24, 2.45) is 0 Å². The Balaban J connectivity index is 1.73. The van der Waals surface area contributed by atoms with Gasteiger partial charge in [0.1, 0.15) is 6.04 Å². The lowest BCUT2D eigenvalue weighted by Gasteiger charge is -2.10. The number of benzene rings is 1. The van der Waals surface area contributed by atoms with Crippen LogP contribution in [0.15, 0.2) is 22.7 Å². The highest BCUT2D eigenvalue weighted by molar-refractivity contribution is 5.95. The molecule has 0 fully saturated rings. The van der Waals surface area contributed by atoms with Gasteiger partial charge in [-0.2, -0.15) is 4.98 Å². The van der Waals surface area contributed by atoms with Gasteiger partial charge in [0, 0.05) is 5.56 Å². The van der Waals surface area contributed by atoms with Gasteiger partial charge < -0.3 is 19.3 Å². The van der Waals surface area contributed by atoms with Crippen molar-refractivity contribution in [2.75, 3.05) is 6.79 Å². The average Bonchev–Trinajstić information content (AvgIpc) is 3.05. The van der Waals surface area contributed by atoms with Crippen molar-refractivity contribution in [1.82, 2.24) is 15.5 Å². The summed E-state index contributed by atoms with van der Waals surface area (Å²) in [5, 5.41) is 6.48. The van der Waals surface area contributed by atoms with E-state index in [2.05, 4.69) is 15.5 Å². The van der Waals surface area contributed by atoms with E-state index in [1.165, 1.54) is 0 Å². The quantitative estimate of drug-likeness (QED) is 0.915. The molecule has 20 heavy (non-hydrogen) atoms. The molecule has 0 aliphatic carbocycles. The average molecular weight is 275 g/mol. The fraction of sp³-hybridized carbons (Fsp3) is 0.308. The zero-order valence-corrected chi connectivity index (χ0v) is 11.0. The summed E-state index contributed by atoms with van der Waals surface area (Å²) < 4.78 is 15.5. The van der Waals surface area contributed by atoms with Crippen LogP contribution < -0.4 is 14.8 Å². The molecule has 1 amide bonds. The van der Waals surface area contributed by atoms with Crippen LogP contribution in [0.25, 0.3) is 0 Å². The number of fused-ring (bicyclic) bond motifs is 1. The molecule has 0 bridgehead atoms. The molecule has 1 unspecified atom stereocenters. The summed E-state index contributed by atoms with van der Waals surface area (Å²) in [5.41, 5.74) is 0.484. The highest BCUT2D eigenvalue weighted by atomic mass is 16.7. The Hall–Kier alpha value is -2.57. The summed E-state index contributed by atoms with van der Waals surface area (Å²) in [5.74, 6) is 1.87. The number of carbonyl (C=O) groups is 1. The van der Waals surface area contributed by atoms with Crippen LogP contribution in [-0.2, 0) is 0 Å². The van der Waals surface area contributed by atoms with Crippen molar-refractivity contribution in [1.29, 1.82) is 0 Å². The second-order valence-electron chi connectivity index (χ2n) is 4.44. The zero-order valence-electron chi connectivity index (χ0n) is 11.0. The standard InChI is InChI=1S/C13H13N3O4/c1-7(13-15-8(2)16-20-13)14-12(17)9-3-4-10-11(5-9)19-6-18-10/h3-5,7H,6H2,1-2H3,(H,14,17). The molecular formula is C13H13N3O4. The highest BCUT2D eigenvalue weighted by Crippen LogP contribution is 2.32. The lowest BCUT2D eigenvalue weighted by Crippen LogP contribution is -2.26. The van der Waals surface area contributed by atoms with Gasteiger partial charge in [0.05, 0.1) is 0 Å². The molecule has 1 aliphatic heterocycles. The van der Waals surface area contributed by atoms with Gasteiger partial charge in [-0.25, -0.2) is 0 Å². The summed E-state index contributed by atoms with van der Waals surface area (Å²) >= 11 is 0. The van der Waals surface area contributed by atoms with Gasteiger partial charge in [0.2, 0.25) is 12.7 Å². The Bertz CT molecular complexity index is 653. The van der Waals surface area contributed by atoms with E-state index in [-0.39, 0.29) is 18.7 Å². The summed E-state index contributed by atoms with van der Waals surface area (Å²) in [7, 11) is 0. The second kappa shape index (κ2) is 4.84. The van der Waals surface area contributed by atoms with Gasteiger partial charge in [-0.3, -0.25) is 4.79 Å². The molecule has 1 aliphatic rings. The van der Waals surface area contributed by atoms with Crippen molar-refractivity contribution < 1.29 is 18.8 Å². The maximum atomic E-state index is 12.1. The second-order valence-corrected chi connectivity index (χ2v) is 4.44. The first-order chi connectivity index (χ1) is 9.63. The number of ether oxygens (including phenoxy) is 2. The first-order valence-electron chi connectivity index (χ1n) is 6.14. The fourth-order valence-electron chi connectivity index (χ4n) is 1.87. The van der Waals surface area contributed by atoms with Crippen LogP contribution in [0.2, 0.25) is 0 Å². The minimum Gasteiger partial charge on any atom is -0.454 e. The van der Waals surface area contributed by atoms with Crippen molar-refractivity contribution >= 4 is 5.91 Å². The van der Waals surface area contributed by atoms with Crippen LogP contribution in [-0.4, -0.2) is 22.8 Å². The van der Waals surface area contributed by atoms with Gasteiger partial charge in [-0.05, 0) is 32.0 Å². The van der Waals surface area contributed by atoms with E-state index in [1.807, 2.05) is 0 Å². The zero-order chi connectivity index (χ0) is 14.1. The molecule has 2 aromatic rings.